The second kappa shape index (κ2) is 5.36. The first kappa shape index (κ1) is 11.7. The summed E-state index contributed by atoms with van der Waals surface area (Å²) in [5.41, 5.74) is -0.0251. The smallest absolute Gasteiger partial charge is 0.0769 e. The molecule has 0 spiro atoms. The van der Waals surface area contributed by atoms with Gasteiger partial charge in [-0.25, -0.2) is 0 Å². The van der Waals surface area contributed by atoms with E-state index in [1.54, 1.807) is 0 Å². The number of rotatable bonds is 4. The molecule has 0 amide bonds. The number of allylic oxidation sites excluding steroid dienone is 1. The highest BCUT2D eigenvalue weighted by Crippen LogP contribution is 2.19. The summed E-state index contributed by atoms with van der Waals surface area (Å²) in [6, 6.07) is 0. The Labute approximate surface area is 76.5 Å². The van der Waals surface area contributed by atoms with Crippen LogP contribution in [0.3, 0.4) is 0 Å². The van der Waals surface area contributed by atoms with Crippen molar-refractivity contribution in [1.82, 2.24) is 0 Å². The zero-order chi connectivity index (χ0) is 9.61. The Kier molecular flexibility index (Phi) is 5.23. The molecule has 1 N–H and O–H groups in total. The van der Waals surface area contributed by atoms with Crippen molar-refractivity contribution < 1.29 is 5.11 Å². The highest BCUT2D eigenvalue weighted by Gasteiger charge is 2.18. The maximum absolute atomic E-state index is 9.60. The zero-order valence-electron chi connectivity index (χ0n) is 8.80. The molecule has 0 saturated carbocycles. The summed E-state index contributed by atoms with van der Waals surface area (Å²) in [5.74, 6) is 0. The Bertz CT molecular complexity index is 130. The van der Waals surface area contributed by atoms with E-state index in [1.807, 2.05) is 26.8 Å². The minimum atomic E-state index is -0.311. The van der Waals surface area contributed by atoms with Gasteiger partial charge in [-0.1, -0.05) is 52.7 Å². The quantitative estimate of drug-likeness (QED) is 0.507. The molecule has 0 radical (unpaired) electrons. The summed E-state index contributed by atoms with van der Waals surface area (Å²) in [6.07, 6.45) is 7.21. The van der Waals surface area contributed by atoms with Gasteiger partial charge in [0.25, 0.3) is 0 Å². The maximum Gasteiger partial charge on any atom is 0.0769 e. The summed E-state index contributed by atoms with van der Waals surface area (Å²) in [7, 11) is 0. The molecule has 0 saturated heterocycles. The fourth-order valence-corrected chi connectivity index (χ4v) is 0.836. The molecule has 0 aromatic heterocycles. The monoisotopic (exact) mass is 170 g/mol. The van der Waals surface area contributed by atoms with Gasteiger partial charge in [0.05, 0.1) is 6.10 Å². The van der Waals surface area contributed by atoms with Gasteiger partial charge in [0, 0.05) is 0 Å². The topological polar surface area (TPSA) is 20.2 Å². The summed E-state index contributed by atoms with van der Waals surface area (Å²) in [6.45, 7) is 8.31. The van der Waals surface area contributed by atoms with E-state index in [0.717, 1.165) is 6.42 Å². The van der Waals surface area contributed by atoms with Crippen LogP contribution in [0.1, 0.15) is 47.0 Å². The Balaban J connectivity index is 3.68. The fraction of sp³-hybridized carbons (Fsp3) is 0.818. The second-order valence-electron chi connectivity index (χ2n) is 4.38. The third-order valence-electron chi connectivity index (χ3n) is 1.93. The van der Waals surface area contributed by atoms with Crippen LogP contribution in [0.4, 0.5) is 0 Å². The van der Waals surface area contributed by atoms with Crippen molar-refractivity contribution in [1.29, 1.82) is 0 Å². The lowest BCUT2D eigenvalue weighted by atomic mass is 9.89. The Morgan fingerprint density at radius 2 is 1.92 bits per heavy atom. The Morgan fingerprint density at radius 3 is 2.33 bits per heavy atom. The molecule has 0 aromatic rings. The summed E-state index contributed by atoms with van der Waals surface area (Å²) in [5, 5.41) is 9.60. The third kappa shape index (κ3) is 5.36. The molecule has 72 valence electrons. The van der Waals surface area contributed by atoms with E-state index >= 15 is 0 Å². The van der Waals surface area contributed by atoms with Gasteiger partial charge in [0.1, 0.15) is 0 Å². The number of aliphatic hydroxyl groups excluding tert-OH is 1. The molecule has 0 aliphatic rings. The van der Waals surface area contributed by atoms with Crippen molar-refractivity contribution in [3.8, 4) is 0 Å². The van der Waals surface area contributed by atoms with Crippen molar-refractivity contribution in [2.75, 3.05) is 0 Å². The summed E-state index contributed by atoms with van der Waals surface area (Å²) < 4.78 is 0. The van der Waals surface area contributed by atoms with E-state index in [1.165, 1.54) is 12.8 Å². The fourth-order valence-electron chi connectivity index (χ4n) is 0.836. The average Bonchev–Trinajstić information content (AvgIpc) is 1.96. The second-order valence-corrected chi connectivity index (χ2v) is 4.38. The van der Waals surface area contributed by atoms with Crippen LogP contribution in [-0.4, -0.2) is 11.2 Å². The molecular formula is C11H22O. The van der Waals surface area contributed by atoms with Gasteiger partial charge in [-0.3, -0.25) is 0 Å². The lowest BCUT2D eigenvalue weighted by Crippen LogP contribution is -2.23. The van der Waals surface area contributed by atoms with Gasteiger partial charge in [0.15, 0.2) is 0 Å². The van der Waals surface area contributed by atoms with Gasteiger partial charge >= 0.3 is 0 Å². The molecule has 0 aliphatic heterocycles. The zero-order valence-corrected chi connectivity index (χ0v) is 8.80. The number of unbranched alkanes of at least 4 members (excludes halogenated alkanes) is 2. The first-order valence-corrected chi connectivity index (χ1v) is 4.83. The van der Waals surface area contributed by atoms with E-state index < -0.39 is 0 Å². The lowest BCUT2D eigenvalue weighted by Gasteiger charge is -2.22. The van der Waals surface area contributed by atoms with Gasteiger partial charge in [-0.05, 0) is 11.8 Å². The lowest BCUT2D eigenvalue weighted by molar-refractivity contribution is 0.105. The predicted molar refractivity (Wildman–Crippen MR) is 54.1 cm³/mol. The van der Waals surface area contributed by atoms with Crippen LogP contribution in [0.5, 0.6) is 0 Å². The molecule has 0 heterocycles. The maximum atomic E-state index is 9.60. The van der Waals surface area contributed by atoms with E-state index in [4.69, 9.17) is 0 Å². The van der Waals surface area contributed by atoms with E-state index in [-0.39, 0.29) is 11.5 Å². The molecule has 12 heavy (non-hydrogen) atoms. The number of hydrogen-bond acceptors (Lipinski definition) is 1. The van der Waals surface area contributed by atoms with Crippen LogP contribution in [0.2, 0.25) is 0 Å². The van der Waals surface area contributed by atoms with E-state index in [9.17, 15) is 5.11 Å². The van der Waals surface area contributed by atoms with Gasteiger partial charge in [-0.2, -0.15) is 0 Å². The molecule has 1 nitrogen and oxygen atoms in total. The van der Waals surface area contributed by atoms with Gasteiger partial charge in [0.2, 0.25) is 0 Å². The predicted octanol–water partition coefficient (Wildman–Crippen LogP) is 3.14. The average molecular weight is 170 g/mol. The van der Waals surface area contributed by atoms with Crippen molar-refractivity contribution in [3.63, 3.8) is 0 Å². The Morgan fingerprint density at radius 1 is 1.33 bits per heavy atom. The summed E-state index contributed by atoms with van der Waals surface area (Å²) >= 11 is 0. The van der Waals surface area contributed by atoms with Crippen LogP contribution in [0, 0.1) is 5.41 Å². The molecule has 1 heteroatoms. The normalized spacial score (nSPS) is 15.4. The van der Waals surface area contributed by atoms with E-state index in [2.05, 4.69) is 13.0 Å². The standard InChI is InChI=1S/C11H22O/c1-5-6-7-8-9-10(12)11(2,3)4/h8-10,12H,5-7H2,1-4H3. The molecular weight excluding hydrogens is 148 g/mol. The molecule has 1 atom stereocenters. The van der Waals surface area contributed by atoms with Crippen LogP contribution in [0.15, 0.2) is 12.2 Å². The minimum Gasteiger partial charge on any atom is -0.388 e. The molecule has 0 aromatic carbocycles. The van der Waals surface area contributed by atoms with E-state index in [0.29, 0.717) is 0 Å². The molecule has 1 unspecified atom stereocenters. The minimum absolute atomic E-state index is 0.0251. The van der Waals surface area contributed by atoms with Crippen LogP contribution >= 0.6 is 0 Å². The molecule has 0 fully saturated rings. The summed E-state index contributed by atoms with van der Waals surface area (Å²) in [4.78, 5) is 0. The number of hydrogen-bond donors (Lipinski definition) is 1. The molecule has 0 rings (SSSR count). The van der Waals surface area contributed by atoms with Crippen LogP contribution in [0.25, 0.3) is 0 Å². The van der Waals surface area contributed by atoms with Crippen molar-refractivity contribution in [2.24, 2.45) is 5.41 Å². The SMILES string of the molecule is CCCCC=CC(O)C(C)(C)C. The first-order chi connectivity index (χ1) is 5.48. The van der Waals surface area contributed by atoms with Gasteiger partial charge in [-0.15, -0.1) is 0 Å². The molecule has 0 aliphatic carbocycles. The van der Waals surface area contributed by atoms with Crippen molar-refractivity contribution >= 4 is 0 Å². The van der Waals surface area contributed by atoms with Crippen molar-refractivity contribution in [2.45, 2.75) is 53.1 Å². The van der Waals surface area contributed by atoms with Crippen LogP contribution < -0.4 is 0 Å². The first-order valence-electron chi connectivity index (χ1n) is 4.83. The highest BCUT2D eigenvalue weighted by atomic mass is 16.3. The highest BCUT2D eigenvalue weighted by molar-refractivity contribution is 4.94. The van der Waals surface area contributed by atoms with Crippen molar-refractivity contribution in [3.05, 3.63) is 12.2 Å². The molecule has 0 bridgehead atoms. The number of aliphatic hydroxyl groups is 1. The Hall–Kier alpha value is -0.300. The third-order valence-corrected chi connectivity index (χ3v) is 1.93. The van der Waals surface area contributed by atoms with Crippen LogP contribution in [-0.2, 0) is 0 Å². The largest absolute Gasteiger partial charge is 0.388 e. The van der Waals surface area contributed by atoms with Gasteiger partial charge < -0.3 is 5.11 Å².